The van der Waals surface area contributed by atoms with E-state index in [4.69, 9.17) is 4.74 Å². The number of amides is 1. The first-order valence-electron chi connectivity index (χ1n) is 6.77. The van der Waals surface area contributed by atoms with E-state index >= 15 is 0 Å². The second-order valence-corrected chi connectivity index (χ2v) is 6.28. The van der Waals surface area contributed by atoms with Crippen LogP contribution in [0.15, 0.2) is 0 Å². The Balaban J connectivity index is 2.67. The first-order valence-corrected chi connectivity index (χ1v) is 6.77. The summed E-state index contributed by atoms with van der Waals surface area (Å²) in [7, 11) is 0. The molecule has 0 bridgehead atoms. The largest absolute Gasteiger partial charge is 0.522 e. The molecule has 6 nitrogen and oxygen atoms in total. The fraction of sp³-hybridized carbons (Fsp3) is 0.846. The van der Waals surface area contributed by atoms with E-state index < -0.39 is 36.0 Å². The van der Waals surface area contributed by atoms with E-state index in [2.05, 4.69) is 4.74 Å². The van der Waals surface area contributed by atoms with E-state index in [1.54, 1.807) is 20.8 Å². The Labute approximate surface area is 126 Å². The van der Waals surface area contributed by atoms with Gasteiger partial charge in [0.1, 0.15) is 5.60 Å². The van der Waals surface area contributed by atoms with Gasteiger partial charge >= 0.3 is 18.4 Å². The van der Waals surface area contributed by atoms with Gasteiger partial charge in [-0.3, -0.25) is 9.53 Å². The number of carboxylic acids is 1. The number of carbonyl (C=O) groups excluding carboxylic acids is 1. The molecule has 1 rings (SSSR count). The van der Waals surface area contributed by atoms with Crippen molar-refractivity contribution in [2.24, 2.45) is 5.41 Å². The lowest BCUT2D eigenvalue weighted by Gasteiger charge is -2.27. The number of carboxylic acid groups (broad SMARTS) is 1. The molecule has 0 radical (unpaired) electrons. The molecule has 1 heterocycles. The Morgan fingerprint density at radius 1 is 1.27 bits per heavy atom. The molecule has 9 heteroatoms. The van der Waals surface area contributed by atoms with Gasteiger partial charge in [-0.2, -0.15) is 0 Å². The Morgan fingerprint density at radius 3 is 2.32 bits per heavy atom. The van der Waals surface area contributed by atoms with Gasteiger partial charge in [0, 0.05) is 13.1 Å². The molecule has 1 fully saturated rings. The highest BCUT2D eigenvalue weighted by Crippen LogP contribution is 2.36. The first kappa shape index (κ1) is 18.5. The Morgan fingerprint density at radius 2 is 1.86 bits per heavy atom. The molecule has 0 aromatic heterocycles. The van der Waals surface area contributed by atoms with Crippen LogP contribution in [0.4, 0.5) is 18.0 Å². The van der Waals surface area contributed by atoms with Crippen LogP contribution < -0.4 is 0 Å². The summed E-state index contributed by atoms with van der Waals surface area (Å²) in [6, 6.07) is 0. The van der Waals surface area contributed by atoms with Gasteiger partial charge < -0.3 is 14.7 Å². The van der Waals surface area contributed by atoms with Crippen LogP contribution in [0.25, 0.3) is 0 Å². The van der Waals surface area contributed by atoms with Crippen molar-refractivity contribution in [2.75, 3.05) is 19.7 Å². The predicted molar refractivity (Wildman–Crippen MR) is 69.1 cm³/mol. The van der Waals surface area contributed by atoms with Crippen molar-refractivity contribution < 1.29 is 37.3 Å². The molecule has 0 aliphatic carbocycles. The van der Waals surface area contributed by atoms with Crippen molar-refractivity contribution in [3.8, 4) is 0 Å². The van der Waals surface area contributed by atoms with E-state index in [1.807, 2.05) is 0 Å². The second-order valence-electron chi connectivity index (χ2n) is 6.28. The van der Waals surface area contributed by atoms with E-state index in [9.17, 15) is 27.9 Å². The smallest absolute Gasteiger partial charge is 0.481 e. The van der Waals surface area contributed by atoms with Crippen molar-refractivity contribution >= 4 is 12.1 Å². The van der Waals surface area contributed by atoms with Crippen molar-refractivity contribution in [3.05, 3.63) is 0 Å². The van der Waals surface area contributed by atoms with E-state index in [-0.39, 0.29) is 25.9 Å². The van der Waals surface area contributed by atoms with E-state index in [0.717, 1.165) is 0 Å². The lowest BCUT2D eigenvalue weighted by Crippen LogP contribution is -2.40. The van der Waals surface area contributed by atoms with E-state index in [0.29, 0.717) is 0 Å². The number of rotatable bonds is 4. The SMILES string of the molecule is CC(C)(C)OC(=O)N1CCC(CCOC(F)(F)F)(C(=O)O)C1. The Kier molecular flexibility index (Phi) is 5.32. The molecule has 22 heavy (non-hydrogen) atoms. The lowest BCUT2D eigenvalue weighted by molar-refractivity contribution is -0.326. The zero-order valence-electron chi connectivity index (χ0n) is 12.7. The molecular weight excluding hydrogens is 307 g/mol. The van der Waals surface area contributed by atoms with Gasteiger partial charge in [0.15, 0.2) is 0 Å². The summed E-state index contributed by atoms with van der Waals surface area (Å²) >= 11 is 0. The zero-order valence-corrected chi connectivity index (χ0v) is 12.7. The molecule has 1 aliphatic rings. The quantitative estimate of drug-likeness (QED) is 0.859. The standard InChI is InChI=1S/C13H20F3NO5/c1-11(2,3)22-10(20)17-6-4-12(8-17,9(18)19)5-7-21-13(14,15)16/h4-8H2,1-3H3,(H,18,19). The summed E-state index contributed by atoms with van der Waals surface area (Å²) in [5.41, 5.74) is -2.17. The maximum Gasteiger partial charge on any atom is 0.522 e. The molecule has 1 unspecified atom stereocenters. The van der Waals surface area contributed by atoms with Crippen LogP contribution in [-0.2, 0) is 14.3 Å². The molecule has 1 atom stereocenters. The fourth-order valence-electron chi connectivity index (χ4n) is 2.20. The van der Waals surface area contributed by atoms with Gasteiger partial charge in [0.05, 0.1) is 12.0 Å². The number of hydrogen-bond donors (Lipinski definition) is 1. The number of hydrogen-bond acceptors (Lipinski definition) is 4. The topological polar surface area (TPSA) is 76.1 Å². The molecule has 1 N–H and O–H groups in total. The van der Waals surface area contributed by atoms with Gasteiger partial charge in [-0.05, 0) is 33.6 Å². The fourth-order valence-corrected chi connectivity index (χ4v) is 2.20. The minimum Gasteiger partial charge on any atom is -0.481 e. The number of nitrogens with zero attached hydrogens (tertiary/aromatic N) is 1. The molecule has 0 spiro atoms. The van der Waals surface area contributed by atoms with Crippen molar-refractivity contribution in [2.45, 2.75) is 45.6 Å². The van der Waals surface area contributed by atoms with Crippen LogP contribution in [-0.4, -0.2) is 53.7 Å². The van der Waals surface area contributed by atoms with Crippen LogP contribution in [0.1, 0.15) is 33.6 Å². The van der Waals surface area contributed by atoms with Gasteiger partial charge in [-0.15, -0.1) is 13.2 Å². The third-order valence-corrected chi connectivity index (χ3v) is 3.31. The number of carbonyl (C=O) groups is 2. The van der Waals surface area contributed by atoms with Gasteiger partial charge in [0.25, 0.3) is 0 Å². The number of halogens is 3. The van der Waals surface area contributed by atoms with Crippen LogP contribution in [0.2, 0.25) is 0 Å². The number of alkyl halides is 3. The molecule has 0 aromatic rings. The summed E-state index contributed by atoms with van der Waals surface area (Å²) in [6.07, 6.45) is -5.75. The lowest BCUT2D eigenvalue weighted by atomic mass is 9.84. The van der Waals surface area contributed by atoms with Crippen molar-refractivity contribution in [3.63, 3.8) is 0 Å². The van der Waals surface area contributed by atoms with Crippen molar-refractivity contribution in [1.82, 2.24) is 4.90 Å². The predicted octanol–water partition coefficient (Wildman–Crippen LogP) is 2.62. The minimum absolute atomic E-state index is 0.0583. The Bertz CT molecular complexity index is 432. The number of aliphatic carboxylic acids is 1. The summed E-state index contributed by atoms with van der Waals surface area (Å²) in [5.74, 6) is -1.25. The minimum atomic E-state index is -4.80. The summed E-state index contributed by atoms with van der Waals surface area (Å²) in [6.45, 7) is 4.16. The van der Waals surface area contributed by atoms with Gasteiger partial charge in [-0.25, -0.2) is 4.79 Å². The second kappa shape index (κ2) is 6.31. The van der Waals surface area contributed by atoms with E-state index in [1.165, 1.54) is 4.90 Å². The summed E-state index contributed by atoms with van der Waals surface area (Å²) in [5, 5.41) is 9.31. The average molecular weight is 327 g/mol. The third-order valence-electron chi connectivity index (χ3n) is 3.31. The molecule has 0 aromatic carbocycles. The maximum absolute atomic E-state index is 12.0. The highest BCUT2D eigenvalue weighted by molar-refractivity contribution is 5.78. The molecule has 1 amide bonds. The van der Waals surface area contributed by atoms with Crippen LogP contribution >= 0.6 is 0 Å². The van der Waals surface area contributed by atoms with Gasteiger partial charge in [0.2, 0.25) is 0 Å². The highest BCUT2D eigenvalue weighted by atomic mass is 19.4. The number of ether oxygens (including phenoxy) is 2. The van der Waals surface area contributed by atoms with Crippen LogP contribution in [0.5, 0.6) is 0 Å². The first-order chi connectivity index (χ1) is 9.85. The molecule has 128 valence electrons. The maximum atomic E-state index is 12.0. The monoisotopic (exact) mass is 327 g/mol. The van der Waals surface area contributed by atoms with Crippen LogP contribution in [0.3, 0.4) is 0 Å². The molecule has 1 aliphatic heterocycles. The zero-order chi connectivity index (χ0) is 17.2. The normalized spacial score (nSPS) is 22.7. The van der Waals surface area contributed by atoms with Crippen molar-refractivity contribution in [1.29, 1.82) is 0 Å². The third kappa shape index (κ3) is 5.36. The summed E-state index contributed by atoms with van der Waals surface area (Å²) in [4.78, 5) is 24.5. The average Bonchev–Trinajstić information content (AvgIpc) is 2.70. The molecule has 1 saturated heterocycles. The van der Waals surface area contributed by atoms with Gasteiger partial charge in [-0.1, -0.05) is 0 Å². The number of likely N-dealkylation sites (tertiary alicyclic amines) is 1. The highest BCUT2D eigenvalue weighted by Gasteiger charge is 2.47. The molecular formula is C13H20F3NO5. The van der Waals surface area contributed by atoms with Crippen LogP contribution in [0, 0.1) is 5.41 Å². The molecule has 0 saturated carbocycles. The summed E-state index contributed by atoms with van der Waals surface area (Å²) < 4.78 is 44.8. The Hall–Kier alpha value is -1.51.